The zero-order chi connectivity index (χ0) is 15.2. The van der Waals surface area contributed by atoms with E-state index in [1.165, 1.54) is 13.5 Å². The number of amides is 1. The van der Waals surface area contributed by atoms with Gasteiger partial charge >= 0.3 is 0 Å². The van der Waals surface area contributed by atoms with Crippen LogP contribution in [0.5, 0.6) is 5.75 Å². The smallest absolute Gasteiger partial charge is 0.256 e. The first kappa shape index (κ1) is 15.6. The number of anilines is 1. The lowest BCUT2D eigenvalue weighted by Gasteiger charge is -2.34. The summed E-state index contributed by atoms with van der Waals surface area (Å²) in [5, 5.41) is 9.28. The minimum atomic E-state index is -0.118. The molecule has 116 valence electrons. The van der Waals surface area contributed by atoms with Crippen LogP contribution in [0.1, 0.15) is 42.5 Å². The molecule has 0 aromatic heterocycles. The number of nitrogens with zero attached hydrogens (tertiary/aromatic N) is 1. The molecule has 0 unspecified atom stereocenters. The number of benzene rings is 1. The highest BCUT2D eigenvalue weighted by atomic mass is 16.5. The normalized spacial score (nSPS) is 15.7. The number of methoxy groups -OCH3 is 1. The van der Waals surface area contributed by atoms with E-state index < -0.39 is 0 Å². The van der Waals surface area contributed by atoms with Crippen LogP contribution in [-0.4, -0.2) is 42.2 Å². The molecule has 0 heterocycles. The molecule has 1 amide bonds. The molecule has 5 heteroatoms. The van der Waals surface area contributed by atoms with Crippen LogP contribution in [-0.2, 0) is 0 Å². The Morgan fingerprint density at radius 2 is 2.10 bits per heavy atom. The average Bonchev–Trinajstić information content (AvgIpc) is 2.53. The van der Waals surface area contributed by atoms with E-state index in [0.29, 0.717) is 23.5 Å². The molecule has 2 rings (SSSR count). The van der Waals surface area contributed by atoms with Crippen molar-refractivity contribution in [2.24, 2.45) is 0 Å². The first-order valence-electron chi connectivity index (χ1n) is 7.53. The van der Waals surface area contributed by atoms with Crippen LogP contribution >= 0.6 is 0 Å². The summed E-state index contributed by atoms with van der Waals surface area (Å²) in [6.07, 6.45) is 5.48. The highest BCUT2D eigenvalue weighted by Gasteiger charge is 2.27. The van der Waals surface area contributed by atoms with Crippen LogP contribution in [0.4, 0.5) is 5.69 Å². The first-order chi connectivity index (χ1) is 10.2. The molecule has 1 aromatic carbocycles. The monoisotopic (exact) mass is 292 g/mol. The third-order valence-corrected chi connectivity index (χ3v) is 4.13. The maximum absolute atomic E-state index is 12.8. The lowest BCUT2D eigenvalue weighted by atomic mass is 9.93. The fraction of sp³-hybridized carbons (Fsp3) is 0.562. The van der Waals surface area contributed by atoms with E-state index in [1.807, 2.05) is 0 Å². The van der Waals surface area contributed by atoms with Crippen LogP contribution in [0.3, 0.4) is 0 Å². The Morgan fingerprint density at radius 3 is 2.71 bits per heavy atom. The number of rotatable bonds is 5. The molecule has 0 saturated heterocycles. The van der Waals surface area contributed by atoms with Crippen molar-refractivity contribution in [3.63, 3.8) is 0 Å². The zero-order valence-corrected chi connectivity index (χ0v) is 12.5. The van der Waals surface area contributed by atoms with E-state index in [0.717, 1.165) is 25.7 Å². The van der Waals surface area contributed by atoms with Gasteiger partial charge in [0, 0.05) is 12.6 Å². The lowest BCUT2D eigenvalue weighted by molar-refractivity contribution is 0.0586. The van der Waals surface area contributed by atoms with Crippen molar-refractivity contribution >= 4 is 11.6 Å². The van der Waals surface area contributed by atoms with Crippen LogP contribution in [0.25, 0.3) is 0 Å². The number of para-hydroxylation sites is 1. The van der Waals surface area contributed by atoms with Gasteiger partial charge in [0.15, 0.2) is 0 Å². The number of nitrogens with two attached hydrogens (primary N) is 1. The Morgan fingerprint density at radius 1 is 1.38 bits per heavy atom. The lowest BCUT2D eigenvalue weighted by Crippen LogP contribution is -2.43. The van der Waals surface area contributed by atoms with Crippen molar-refractivity contribution in [3.05, 3.63) is 23.8 Å². The van der Waals surface area contributed by atoms with Gasteiger partial charge in [0.2, 0.25) is 0 Å². The van der Waals surface area contributed by atoms with Gasteiger partial charge in [-0.05, 0) is 25.0 Å². The fourth-order valence-corrected chi connectivity index (χ4v) is 3.01. The third-order valence-electron chi connectivity index (χ3n) is 4.13. The number of carbonyl (C=O) groups is 1. The fourth-order valence-electron chi connectivity index (χ4n) is 3.01. The van der Waals surface area contributed by atoms with Gasteiger partial charge in [-0.25, -0.2) is 0 Å². The maximum atomic E-state index is 12.8. The molecule has 1 aromatic rings. The first-order valence-corrected chi connectivity index (χ1v) is 7.53. The van der Waals surface area contributed by atoms with Crippen molar-refractivity contribution in [3.8, 4) is 5.75 Å². The molecule has 5 nitrogen and oxygen atoms in total. The Kier molecular flexibility index (Phi) is 5.44. The highest BCUT2D eigenvalue weighted by Crippen LogP contribution is 2.29. The minimum absolute atomic E-state index is 0.0356. The molecule has 1 saturated carbocycles. The summed E-state index contributed by atoms with van der Waals surface area (Å²) >= 11 is 0. The SMILES string of the molecule is COc1cccc(C(=O)N(CCO)C2CCCCC2)c1N. The topological polar surface area (TPSA) is 75.8 Å². The largest absolute Gasteiger partial charge is 0.495 e. The molecule has 0 atom stereocenters. The van der Waals surface area contributed by atoms with Crippen molar-refractivity contribution in [1.29, 1.82) is 0 Å². The van der Waals surface area contributed by atoms with Gasteiger partial charge in [0.05, 0.1) is 25.0 Å². The van der Waals surface area contributed by atoms with Gasteiger partial charge in [-0.2, -0.15) is 0 Å². The molecule has 0 aliphatic heterocycles. The van der Waals surface area contributed by atoms with Crippen LogP contribution in [0.15, 0.2) is 18.2 Å². The number of hydrogen-bond donors (Lipinski definition) is 2. The molecule has 21 heavy (non-hydrogen) atoms. The molecule has 1 aliphatic carbocycles. The molecular formula is C16H24N2O3. The predicted molar refractivity (Wildman–Crippen MR) is 82.4 cm³/mol. The van der Waals surface area contributed by atoms with Crippen molar-refractivity contribution in [1.82, 2.24) is 4.90 Å². The summed E-state index contributed by atoms with van der Waals surface area (Å²) in [5.41, 5.74) is 6.84. The summed E-state index contributed by atoms with van der Waals surface area (Å²) in [6.45, 7) is 0.312. The summed E-state index contributed by atoms with van der Waals surface area (Å²) in [7, 11) is 1.53. The second kappa shape index (κ2) is 7.31. The van der Waals surface area contributed by atoms with E-state index in [2.05, 4.69) is 0 Å². The summed E-state index contributed by atoms with van der Waals surface area (Å²) in [5.74, 6) is 0.390. The Hall–Kier alpha value is -1.75. The van der Waals surface area contributed by atoms with Gasteiger partial charge in [-0.3, -0.25) is 4.79 Å². The standard InChI is InChI=1S/C16H24N2O3/c1-21-14-9-5-8-13(15(14)17)16(20)18(10-11-19)12-6-3-2-4-7-12/h5,8-9,12,19H,2-4,6-7,10-11,17H2,1H3. The predicted octanol–water partition coefficient (Wildman–Crippen LogP) is 2.04. The number of hydrogen-bond acceptors (Lipinski definition) is 4. The van der Waals surface area contributed by atoms with Crippen molar-refractivity contribution < 1.29 is 14.6 Å². The van der Waals surface area contributed by atoms with E-state index in [9.17, 15) is 9.90 Å². The van der Waals surface area contributed by atoms with Crippen molar-refractivity contribution in [2.75, 3.05) is 26.0 Å². The van der Waals surface area contributed by atoms with Gasteiger partial charge in [-0.1, -0.05) is 25.3 Å². The second-order valence-corrected chi connectivity index (χ2v) is 5.44. The van der Waals surface area contributed by atoms with Crippen LogP contribution in [0.2, 0.25) is 0 Å². The van der Waals surface area contributed by atoms with E-state index >= 15 is 0 Å². The quantitative estimate of drug-likeness (QED) is 0.814. The number of ether oxygens (including phenoxy) is 1. The van der Waals surface area contributed by atoms with Gasteiger partial charge in [0.1, 0.15) is 5.75 Å². The molecule has 1 fully saturated rings. The summed E-state index contributed by atoms with van der Waals surface area (Å²) < 4.78 is 5.18. The number of aliphatic hydroxyl groups excluding tert-OH is 1. The van der Waals surface area contributed by atoms with Gasteiger partial charge in [-0.15, -0.1) is 0 Å². The maximum Gasteiger partial charge on any atom is 0.256 e. The van der Waals surface area contributed by atoms with E-state index in [-0.39, 0.29) is 18.6 Å². The molecule has 0 radical (unpaired) electrons. The average molecular weight is 292 g/mol. The number of aliphatic hydroxyl groups is 1. The molecule has 0 spiro atoms. The number of nitrogen functional groups attached to an aromatic ring is 1. The van der Waals surface area contributed by atoms with Gasteiger partial charge in [0.25, 0.3) is 5.91 Å². The Bertz CT molecular complexity index is 484. The summed E-state index contributed by atoms with van der Waals surface area (Å²) in [6, 6.07) is 5.42. The van der Waals surface area contributed by atoms with E-state index in [4.69, 9.17) is 10.5 Å². The van der Waals surface area contributed by atoms with E-state index in [1.54, 1.807) is 23.1 Å². The zero-order valence-electron chi connectivity index (χ0n) is 12.5. The second-order valence-electron chi connectivity index (χ2n) is 5.44. The summed E-state index contributed by atoms with van der Waals surface area (Å²) in [4.78, 5) is 14.6. The van der Waals surface area contributed by atoms with Gasteiger partial charge < -0.3 is 20.5 Å². The van der Waals surface area contributed by atoms with Crippen LogP contribution < -0.4 is 10.5 Å². The molecule has 0 bridgehead atoms. The Labute approximate surface area is 125 Å². The molecule has 1 aliphatic rings. The molecule has 3 N–H and O–H groups in total. The number of carbonyl (C=O) groups excluding carboxylic acids is 1. The van der Waals surface area contributed by atoms with Crippen LogP contribution in [0, 0.1) is 0 Å². The van der Waals surface area contributed by atoms with Crippen molar-refractivity contribution in [2.45, 2.75) is 38.1 Å². The third kappa shape index (κ3) is 3.47. The highest BCUT2D eigenvalue weighted by molar-refractivity contribution is 6.00. The molecular weight excluding hydrogens is 268 g/mol. The Balaban J connectivity index is 2.25. The minimum Gasteiger partial charge on any atom is -0.495 e.